The maximum absolute atomic E-state index is 13.7. The highest BCUT2D eigenvalue weighted by Gasteiger charge is 2.13. The summed E-state index contributed by atoms with van der Waals surface area (Å²) < 4.78 is 19.2. The lowest BCUT2D eigenvalue weighted by molar-refractivity contribution is -0.123. The first-order valence-electron chi connectivity index (χ1n) is 8.30. The van der Waals surface area contributed by atoms with Crippen molar-refractivity contribution in [2.75, 3.05) is 19.8 Å². The summed E-state index contributed by atoms with van der Waals surface area (Å²) >= 11 is 0. The minimum absolute atomic E-state index is 0.0951. The van der Waals surface area contributed by atoms with Gasteiger partial charge in [-0.3, -0.25) is 4.79 Å². The van der Waals surface area contributed by atoms with Crippen LogP contribution in [0, 0.1) is 25.6 Å². The zero-order valence-corrected chi connectivity index (χ0v) is 14.6. The van der Waals surface area contributed by atoms with E-state index in [9.17, 15) is 14.3 Å². The van der Waals surface area contributed by atoms with E-state index in [1.807, 2.05) is 32.0 Å². The van der Waals surface area contributed by atoms with Gasteiger partial charge in [0, 0.05) is 19.1 Å². The molecule has 0 bridgehead atoms. The number of benzene rings is 2. The number of halogens is 1. The smallest absolute Gasteiger partial charge is 0.257 e. The van der Waals surface area contributed by atoms with Gasteiger partial charge in [0.05, 0.1) is 0 Å². The number of ether oxygens (including phenoxy) is 1. The van der Waals surface area contributed by atoms with E-state index < -0.39 is 0 Å². The monoisotopic (exact) mass is 345 g/mol. The molecule has 0 aliphatic carbocycles. The second-order valence-electron chi connectivity index (χ2n) is 6.21. The SMILES string of the molecule is Cc1ccc(C)c(OCC(=O)NCC(CO)Cc2ccccc2F)c1. The molecule has 2 aromatic carbocycles. The van der Waals surface area contributed by atoms with Crippen molar-refractivity contribution < 1.29 is 19.0 Å². The van der Waals surface area contributed by atoms with Gasteiger partial charge >= 0.3 is 0 Å². The minimum atomic E-state index is -0.300. The molecular weight excluding hydrogens is 321 g/mol. The number of rotatable bonds is 8. The van der Waals surface area contributed by atoms with Crippen molar-refractivity contribution >= 4 is 5.91 Å². The van der Waals surface area contributed by atoms with Gasteiger partial charge in [0.1, 0.15) is 11.6 Å². The Morgan fingerprint density at radius 1 is 1.24 bits per heavy atom. The molecule has 0 saturated carbocycles. The number of aliphatic hydroxyl groups excluding tert-OH is 1. The second kappa shape index (κ2) is 9.18. The molecule has 0 radical (unpaired) electrons. The fraction of sp³-hybridized carbons (Fsp3) is 0.350. The number of aliphatic hydroxyl groups is 1. The van der Waals surface area contributed by atoms with Gasteiger partial charge < -0.3 is 15.2 Å². The molecule has 2 rings (SSSR count). The van der Waals surface area contributed by atoms with Gasteiger partial charge in [-0.15, -0.1) is 0 Å². The number of carbonyl (C=O) groups excluding carboxylic acids is 1. The van der Waals surface area contributed by atoms with Crippen LogP contribution >= 0.6 is 0 Å². The molecular formula is C20H24FNO3. The van der Waals surface area contributed by atoms with E-state index in [0.717, 1.165) is 11.1 Å². The lowest BCUT2D eigenvalue weighted by Gasteiger charge is -2.16. The van der Waals surface area contributed by atoms with Crippen molar-refractivity contribution in [1.29, 1.82) is 0 Å². The maximum atomic E-state index is 13.7. The summed E-state index contributed by atoms with van der Waals surface area (Å²) in [5, 5.41) is 12.2. The largest absolute Gasteiger partial charge is 0.483 e. The van der Waals surface area contributed by atoms with Crippen LogP contribution in [0.5, 0.6) is 5.75 Å². The van der Waals surface area contributed by atoms with Crippen molar-refractivity contribution in [3.05, 3.63) is 65.0 Å². The molecule has 4 nitrogen and oxygen atoms in total. The zero-order chi connectivity index (χ0) is 18.2. The van der Waals surface area contributed by atoms with E-state index >= 15 is 0 Å². The van der Waals surface area contributed by atoms with Gasteiger partial charge in [-0.1, -0.05) is 30.3 Å². The van der Waals surface area contributed by atoms with Gasteiger partial charge in [0.25, 0.3) is 5.91 Å². The Labute approximate surface area is 147 Å². The Hall–Kier alpha value is -2.40. The van der Waals surface area contributed by atoms with Crippen molar-refractivity contribution in [3.63, 3.8) is 0 Å². The molecule has 0 aromatic heterocycles. The summed E-state index contributed by atoms with van der Waals surface area (Å²) in [5.41, 5.74) is 2.56. The fourth-order valence-electron chi connectivity index (χ4n) is 2.49. The number of nitrogens with one attached hydrogen (secondary N) is 1. The highest BCUT2D eigenvalue weighted by molar-refractivity contribution is 5.77. The molecule has 1 amide bonds. The van der Waals surface area contributed by atoms with E-state index in [1.165, 1.54) is 6.07 Å². The standard InChI is InChI=1S/C20H24FNO3/c1-14-7-8-15(2)19(9-14)25-13-20(24)22-11-16(12-23)10-17-5-3-4-6-18(17)21/h3-9,16,23H,10-13H2,1-2H3,(H,22,24). The van der Waals surface area contributed by atoms with Crippen LogP contribution in [0.25, 0.3) is 0 Å². The predicted molar refractivity (Wildman–Crippen MR) is 95.1 cm³/mol. The van der Waals surface area contributed by atoms with E-state index in [4.69, 9.17) is 4.74 Å². The molecule has 0 fully saturated rings. The van der Waals surface area contributed by atoms with Crippen LogP contribution in [0.1, 0.15) is 16.7 Å². The summed E-state index contributed by atoms with van der Waals surface area (Å²) in [6, 6.07) is 12.3. The Kier molecular flexibility index (Phi) is 6.95. The number of carbonyl (C=O) groups is 1. The molecule has 25 heavy (non-hydrogen) atoms. The molecule has 2 N–H and O–H groups in total. The maximum Gasteiger partial charge on any atom is 0.257 e. The lowest BCUT2D eigenvalue weighted by atomic mass is 9.99. The first-order valence-corrected chi connectivity index (χ1v) is 8.30. The fourth-order valence-corrected chi connectivity index (χ4v) is 2.49. The number of amides is 1. The molecule has 0 aliphatic rings. The summed E-state index contributed by atoms with van der Waals surface area (Å²) in [6.07, 6.45) is 0.362. The first-order chi connectivity index (χ1) is 12.0. The summed E-state index contributed by atoms with van der Waals surface area (Å²) in [6.45, 7) is 3.91. The molecule has 0 heterocycles. The summed E-state index contributed by atoms with van der Waals surface area (Å²) in [7, 11) is 0. The predicted octanol–water partition coefficient (Wildman–Crippen LogP) is 2.79. The van der Waals surface area contributed by atoms with E-state index in [2.05, 4.69) is 5.32 Å². The van der Waals surface area contributed by atoms with Crippen LogP contribution in [0.2, 0.25) is 0 Å². The van der Waals surface area contributed by atoms with Crippen molar-refractivity contribution in [2.24, 2.45) is 5.92 Å². The first kappa shape index (κ1) is 18.9. The van der Waals surface area contributed by atoms with Gasteiger partial charge in [0.2, 0.25) is 0 Å². The van der Waals surface area contributed by atoms with Crippen LogP contribution in [0.3, 0.4) is 0 Å². The van der Waals surface area contributed by atoms with E-state index in [1.54, 1.807) is 18.2 Å². The number of aryl methyl sites for hydroxylation is 2. The van der Waals surface area contributed by atoms with Crippen LogP contribution in [0.15, 0.2) is 42.5 Å². The molecule has 0 spiro atoms. The van der Waals surface area contributed by atoms with Gasteiger partial charge in [-0.25, -0.2) is 4.39 Å². The highest BCUT2D eigenvalue weighted by Crippen LogP contribution is 2.18. The van der Waals surface area contributed by atoms with Crippen LogP contribution < -0.4 is 10.1 Å². The average Bonchev–Trinajstić information content (AvgIpc) is 2.60. The van der Waals surface area contributed by atoms with E-state index in [-0.39, 0.29) is 37.4 Å². The van der Waals surface area contributed by atoms with Crippen molar-refractivity contribution in [1.82, 2.24) is 5.32 Å². The number of hydrogen-bond acceptors (Lipinski definition) is 3. The van der Waals surface area contributed by atoms with Crippen LogP contribution in [-0.4, -0.2) is 30.8 Å². The topological polar surface area (TPSA) is 58.6 Å². The molecule has 134 valence electrons. The third-order valence-electron chi connectivity index (χ3n) is 4.01. The van der Waals surface area contributed by atoms with Gasteiger partial charge in [-0.2, -0.15) is 0 Å². The second-order valence-corrected chi connectivity index (χ2v) is 6.21. The highest BCUT2D eigenvalue weighted by atomic mass is 19.1. The number of hydrogen-bond donors (Lipinski definition) is 2. The zero-order valence-electron chi connectivity index (χ0n) is 14.6. The van der Waals surface area contributed by atoms with E-state index in [0.29, 0.717) is 17.7 Å². The summed E-state index contributed by atoms with van der Waals surface area (Å²) in [4.78, 5) is 12.0. The Balaban J connectivity index is 1.81. The third-order valence-corrected chi connectivity index (χ3v) is 4.01. The Morgan fingerprint density at radius 3 is 2.72 bits per heavy atom. The van der Waals surface area contributed by atoms with Crippen LogP contribution in [-0.2, 0) is 11.2 Å². The minimum Gasteiger partial charge on any atom is -0.483 e. The third kappa shape index (κ3) is 5.87. The molecule has 0 saturated heterocycles. The Bertz CT molecular complexity index is 718. The van der Waals surface area contributed by atoms with Gasteiger partial charge in [0.15, 0.2) is 6.61 Å². The molecule has 1 atom stereocenters. The lowest BCUT2D eigenvalue weighted by Crippen LogP contribution is -2.35. The van der Waals surface area contributed by atoms with Crippen LogP contribution in [0.4, 0.5) is 4.39 Å². The van der Waals surface area contributed by atoms with Gasteiger partial charge in [-0.05, 0) is 49.1 Å². The molecule has 1 unspecified atom stereocenters. The Morgan fingerprint density at radius 2 is 2.00 bits per heavy atom. The molecule has 2 aromatic rings. The average molecular weight is 345 g/mol. The summed E-state index contributed by atoms with van der Waals surface area (Å²) in [5.74, 6) is -0.139. The molecule has 0 aliphatic heterocycles. The molecule has 5 heteroatoms. The van der Waals surface area contributed by atoms with Crippen molar-refractivity contribution in [2.45, 2.75) is 20.3 Å². The van der Waals surface area contributed by atoms with Crippen molar-refractivity contribution in [3.8, 4) is 5.75 Å². The normalized spacial score (nSPS) is 11.8. The quantitative estimate of drug-likeness (QED) is 0.773.